The number of hydrogen-bond acceptors (Lipinski definition) is 3. The first kappa shape index (κ1) is 16.4. The molecule has 0 aliphatic heterocycles. The van der Waals surface area contributed by atoms with Crippen LogP contribution in [0.15, 0.2) is 18.2 Å². The molecule has 4 nitrogen and oxygen atoms in total. The van der Waals surface area contributed by atoms with E-state index in [0.29, 0.717) is 5.56 Å². The molecule has 0 saturated heterocycles. The molecule has 0 saturated carbocycles. The molecule has 1 aromatic rings. The van der Waals surface area contributed by atoms with Gasteiger partial charge in [0.1, 0.15) is 0 Å². The quantitative estimate of drug-likeness (QED) is 0.808. The largest absolute Gasteiger partial charge is 0.478 e. The minimum atomic E-state index is -0.773. The van der Waals surface area contributed by atoms with Gasteiger partial charge in [-0.2, -0.15) is 0 Å². The Morgan fingerprint density at radius 1 is 1.40 bits per heavy atom. The molecule has 0 aliphatic carbocycles. The monoisotopic (exact) mass is 283 g/mol. The lowest BCUT2D eigenvalue weighted by Crippen LogP contribution is -2.42. The van der Waals surface area contributed by atoms with Gasteiger partial charge in [0.05, 0.1) is 6.61 Å². The average Bonchev–Trinajstić information content (AvgIpc) is 2.46. The zero-order chi connectivity index (χ0) is 15.1. The SMILES string of the molecule is CCC(CC)NC(=O)C(C)Oc1ccc(CO)cc1F. The van der Waals surface area contributed by atoms with Crippen molar-refractivity contribution in [3.05, 3.63) is 29.6 Å². The fraction of sp³-hybridized carbons (Fsp3) is 0.533. The topological polar surface area (TPSA) is 58.6 Å². The molecule has 0 heterocycles. The highest BCUT2D eigenvalue weighted by molar-refractivity contribution is 5.81. The lowest BCUT2D eigenvalue weighted by molar-refractivity contribution is -0.128. The van der Waals surface area contributed by atoms with Crippen LogP contribution in [0.2, 0.25) is 0 Å². The first-order chi connectivity index (χ1) is 9.51. The Kier molecular flexibility index (Phi) is 6.45. The molecule has 0 aromatic heterocycles. The number of aliphatic hydroxyl groups excluding tert-OH is 1. The van der Waals surface area contributed by atoms with Crippen molar-refractivity contribution < 1.29 is 19.0 Å². The number of carbonyl (C=O) groups is 1. The van der Waals surface area contributed by atoms with Gasteiger partial charge in [0.25, 0.3) is 5.91 Å². The van der Waals surface area contributed by atoms with E-state index in [2.05, 4.69) is 5.32 Å². The number of carbonyl (C=O) groups excluding carboxylic acids is 1. The third-order valence-electron chi connectivity index (χ3n) is 3.18. The summed E-state index contributed by atoms with van der Waals surface area (Å²) in [5, 5.41) is 11.8. The fourth-order valence-corrected chi connectivity index (χ4v) is 1.79. The summed E-state index contributed by atoms with van der Waals surface area (Å²) in [5.74, 6) is -0.836. The summed E-state index contributed by atoms with van der Waals surface area (Å²) < 4.78 is 19.0. The van der Waals surface area contributed by atoms with Gasteiger partial charge in [-0.05, 0) is 37.5 Å². The van der Waals surface area contributed by atoms with Gasteiger partial charge in [0.15, 0.2) is 17.7 Å². The van der Waals surface area contributed by atoms with Gasteiger partial charge in [-0.1, -0.05) is 19.9 Å². The highest BCUT2D eigenvalue weighted by Crippen LogP contribution is 2.19. The maximum Gasteiger partial charge on any atom is 0.260 e. The van der Waals surface area contributed by atoms with Crippen LogP contribution in [-0.2, 0) is 11.4 Å². The zero-order valence-corrected chi connectivity index (χ0v) is 12.1. The number of nitrogens with one attached hydrogen (secondary N) is 1. The summed E-state index contributed by atoms with van der Waals surface area (Å²) >= 11 is 0. The standard InChI is InChI=1S/C15H22FNO3/c1-4-12(5-2)17-15(19)10(3)20-14-7-6-11(9-18)8-13(14)16/h6-8,10,12,18H,4-5,9H2,1-3H3,(H,17,19). The van der Waals surface area contributed by atoms with E-state index in [1.165, 1.54) is 12.1 Å². The van der Waals surface area contributed by atoms with Crippen molar-refractivity contribution in [2.75, 3.05) is 0 Å². The predicted molar refractivity (Wildman–Crippen MR) is 74.9 cm³/mol. The average molecular weight is 283 g/mol. The number of ether oxygens (including phenoxy) is 1. The summed E-state index contributed by atoms with van der Waals surface area (Å²) in [6.45, 7) is 5.33. The van der Waals surface area contributed by atoms with E-state index in [0.717, 1.165) is 12.8 Å². The van der Waals surface area contributed by atoms with Crippen molar-refractivity contribution in [2.45, 2.75) is 52.4 Å². The molecule has 20 heavy (non-hydrogen) atoms. The molecule has 0 radical (unpaired) electrons. The highest BCUT2D eigenvalue weighted by atomic mass is 19.1. The van der Waals surface area contributed by atoms with Crippen LogP contribution in [-0.4, -0.2) is 23.2 Å². The molecule has 1 atom stereocenters. The molecular weight excluding hydrogens is 261 g/mol. The number of halogens is 1. The summed E-state index contributed by atoms with van der Waals surface area (Å²) in [5.41, 5.74) is 0.462. The fourth-order valence-electron chi connectivity index (χ4n) is 1.79. The number of rotatable bonds is 7. The Morgan fingerprint density at radius 3 is 2.55 bits per heavy atom. The highest BCUT2D eigenvalue weighted by Gasteiger charge is 2.18. The van der Waals surface area contributed by atoms with E-state index in [-0.39, 0.29) is 24.3 Å². The Labute approximate surface area is 119 Å². The van der Waals surface area contributed by atoms with Crippen molar-refractivity contribution in [3.63, 3.8) is 0 Å². The van der Waals surface area contributed by atoms with Gasteiger partial charge in [0, 0.05) is 6.04 Å². The van der Waals surface area contributed by atoms with E-state index in [1.807, 2.05) is 13.8 Å². The normalized spacial score (nSPS) is 12.3. The van der Waals surface area contributed by atoms with Crippen molar-refractivity contribution in [2.24, 2.45) is 0 Å². The van der Waals surface area contributed by atoms with Gasteiger partial charge < -0.3 is 15.2 Å². The van der Waals surface area contributed by atoms with Crippen LogP contribution in [0.25, 0.3) is 0 Å². The second-order valence-corrected chi connectivity index (χ2v) is 4.70. The van der Waals surface area contributed by atoms with E-state index < -0.39 is 11.9 Å². The molecular formula is C15H22FNO3. The van der Waals surface area contributed by atoms with Crippen LogP contribution in [0, 0.1) is 5.82 Å². The summed E-state index contributed by atoms with van der Waals surface area (Å²) in [6, 6.07) is 4.28. The van der Waals surface area contributed by atoms with Crippen molar-refractivity contribution in [3.8, 4) is 5.75 Å². The second-order valence-electron chi connectivity index (χ2n) is 4.70. The Balaban J connectivity index is 2.65. The van der Waals surface area contributed by atoms with Gasteiger partial charge in [-0.15, -0.1) is 0 Å². The smallest absolute Gasteiger partial charge is 0.260 e. The number of hydrogen-bond donors (Lipinski definition) is 2. The van der Waals surface area contributed by atoms with Gasteiger partial charge in [-0.3, -0.25) is 4.79 Å². The van der Waals surface area contributed by atoms with Crippen molar-refractivity contribution in [1.82, 2.24) is 5.32 Å². The Hall–Kier alpha value is -1.62. The molecule has 0 spiro atoms. The van der Waals surface area contributed by atoms with Crippen molar-refractivity contribution in [1.29, 1.82) is 0 Å². The summed E-state index contributed by atoms with van der Waals surface area (Å²) in [7, 11) is 0. The van der Waals surface area contributed by atoms with Gasteiger partial charge in [-0.25, -0.2) is 4.39 Å². The first-order valence-electron chi connectivity index (χ1n) is 6.88. The van der Waals surface area contributed by atoms with E-state index in [9.17, 15) is 9.18 Å². The van der Waals surface area contributed by atoms with E-state index in [4.69, 9.17) is 9.84 Å². The zero-order valence-electron chi connectivity index (χ0n) is 12.1. The van der Waals surface area contributed by atoms with Crippen LogP contribution < -0.4 is 10.1 Å². The summed E-state index contributed by atoms with van der Waals surface area (Å²) in [4.78, 5) is 11.9. The number of aliphatic hydroxyl groups is 1. The minimum Gasteiger partial charge on any atom is -0.478 e. The van der Waals surface area contributed by atoms with Crippen LogP contribution in [0.3, 0.4) is 0 Å². The van der Waals surface area contributed by atoms with Crippen LogP contribution >= 0.6 is 0 Å². The third kappa shape index (κ3) is 4.49. The maximum atomic E-state index is 13.7. The summed E-state index contributed by atoms with van der Waals surface area (Å²) in [6.07, 6.45) is 0.910. The molecule has 1 amide bonds. The molecule has 1 unspecified atom stereocenters. The molecule has 0 fully saturated rings. The third-order valence-corrected chi connectivity index (χ3v) is 3.18. The molecule has 2 N–H and O–H groups in total. The van der Waals surface area contributed by atoms with Crippen LogP contribution in [0.5, 0.6) is 5.75 Å². The van der Waals surface area contributed by atoms with E-state index in [1.54, 1.807) is 13.0 Å². The van der Waals surface area contributed by atoms with Gasteiger partial charge >= 0.3 is 0 Å². The van der Waals surface area contributed by atoms with Crippen LogP contribution in [0.1, 0.15) is 39.2 Å². The minimum absolute atomic E-state index is 0.00870. The maximum absolute atomic E-state index is 13.7. The van der Waals surface area contributed by atoms with Gasteiger partial charge in [0.2, 0.25) is 0 Å². The molecule has 0 bridgehead atoms. The molecule has 5 heteroatoms. The Bertz CT molecular complexity index is 447. The van der Waals surface area contributed by atoms with Crippen molar-refractivity contribution >= 4 is 5.91 Å². The number of amides is 1. The molecule has 1 rings (SSSR count). The lowest BCUT2D eigenvalue weighted by Gasteiger charge is -2.19. The predicted octanol–water partition coefficient (Wildman–Crippen LogP) is 2.39. The van der Waals surface area contributed by atoms with E-state index >= 15 is 0 Å². The Morgan fingerprint density at radius 2 is 2.05 bits per heavy atom. The first-order valence-corrected chi connectivity index (χ1v) is 6.88. The molecule has 1 aromatic carbocycles. The molecule has 0 aliphatic rings. The van der Waals surface area contributed by atoms with Crippen LogP contribution in [0.4, 0.5) is 4.39 Å². The second kappa shape index (κ2) is 7.85. The molecule has 112 valence electrons. The number of benzene rings is 1. The lowest BCUT2D eigenvalue weighted by atomic mass is 10.1.